The van der Waals surface area contributed by atoms with Crippen molar-refractivity contribution in [1.82, 2.24) is 16.0 Å². The molecule has 2 aliphatic heterocycles. The van der Waals surface area contributed by atoms with E-state index in [1.807, 2.05) is 6.26 Å². The first-order valence-corrected chi connectivity index (χ1v) is 10.2. The van der Waals surface area contributed by atoms with Crippen LogP contribution in [0.15, 0.2) is 23.0 Å². The van der Waals surface area contributed by atoms with Crippen molar-refractivity contribution in [1.29, 1.82) is 0 Å². The van der Waals surface area contributed by atoms with Gasteiger partial charge in [0.05, 0.1) is 25.3 Å². The summed E-state index contributed by atoms with van der Waals surface area (Å²) >= 11 is 0. The molecule has 3 heterocycles. The zero-order chi connectivity index (χ0) is 17.9. The van der Waals surface area contributed by atoms with Gasteiger partial charge in [-0.05, 0) is 55.2 Å². The number of hydrogen-bond donors (Lipinski definition) is 4. The largest absolute Gasteiger partial charge is 0.472 e. The van der Waals surface area contributed by atoms with Gasteiger partial charge in [-0.25, -0.2) is 0 Å². The van der Waals surface area contributed by atoms with Crippen LogP contribution in [-0.4, -0.2) is 43.4 Å². The molecule has 4 rings (SSSR count). The van der Waals surface area contributed by atoms with E-state index in [9.17, 15) is 4.79 Å². The highest BCUT2D eigenvalue weighted by Crippen LogP contribution is 2.44. The van der Waals surface area contributed by atoms with Gasteiger partial charge in [-0.2, -0.15) is 0 Å². The van der Waals surface area contributed by atoms with Crippen molar-refractivity contribution in [3.8, 4) is 0 Å². The Morgan fingerprint density at radius 2 is 2.08 bits per heavy atom. The molecule has 0 spiro atoms. The van der Waals surface area contributed by atoms with Gasteiger partial charge < -0.3 is 25.5 Å². The molecule has 1 saturated carbocycles. The molecule has 1 aromatic rings. The Labute approximate surface area is 155 Å². The Morgan fingerprint density at radius 3 is 2.88 bits per heavy atom. The predicted octanol–water partition coefficient (Wildman–Crippen LogP) is 1.43. The normalized spacial score (nSPS) is 37.3. The first-order valence-electron chi connectivity index (χ1n) is 10.2. The molecular formula is C20H31N3O3. The fourth-order valence-electron chi connectivity index (χ4n) is 5.56. The molecule has 6 nitrogen and oxygen atoms in total. The molecule has 0 bridgehead atoms. The van der Waals surface area contributed by atoms with Crippen LogP contribution < -0.4 is 16.0 Å². The molecule has 0 radical (unpaired) electrons. The molecular weight excluding hydrogens is 330 g/mol. The Bertz CT molecular complexity index is 591. The van der Waals surface area contributed by atoms with E-state index in [4.69, 9.17) is 9.52 Å². The average Bonchev–Trinajstić information content (AvgIpc) is 3.34. The zero-order valence-corrected chi connectivity index (χ0v) is 15.3. The maximum atomic E-state index is 12.6. The first-order chi connectivity index (χ1) is 12.8. The van der Waals surface area contributed by atoms with E-state index < -0.39 is 0 Å². The third-order valence-corrected chi connectivity index (χ3v) is 6.82. The summed E-state index contributed by atoms with van der Waals surface area (Å²) in [6, 6.07) is 2.09. The quantitative estimate of drug-likeness (QED) is 0.637. The number of nitrogens with one attached hydrogen (secondary N) is 3. The summed E-state index contributed by atoms with van der Waals surface area (Å²) in [5, 5.41) is 19.3. The monoisotopic (exact) mass is 361 g/mol. The number of piperidine rings is 1. The van der Waals surface area contributed by atoms with Crippen LogP contribution in [0.2, 0.25) is 0 Å². The van der Waals surface area contributed by atoms with Crippen LogP contribution in [0.3, 0.4) is 0 Å². The molecule has 26 heavy (non-hydrogen) atoms. The van der Waals surface area contributed by atoms with Gasteiger partial charge in [0.25, 0.3) is 0 Å². The molecule has 4 N–H and O–H groups in total. The molecule has 2 saturated heterocycles. The number of aliphatic hydroxyl groups excluding tert-OH is 1. The fraction of sp³-hybridized carbons (Fsp3) is 0.750. The van der Waals surface area contributed by atoms with E-state index in [1.165, 1.54) is 12.0 Å². The highest BCUT2D eigenvalue weighted by molar-refractivity contribution is 5.79. The summed E-state index contributed by atoms with van der Waals surface area (Å²) in [4.78, 5) is 12.6. The summed E-state index contributed by atoms with van der Waals surface area (Å²) < 4.78 is 5.31. The second kappa shape index (κ2) is 8.11. The van der Waals surface area contributed by atoms with Crippen molar-refractivity contribution >= 4 is 5.91 Å². The van der Waals surface area contributed by atoms with Gasteiger partial charge >= 0.3 is 0 Å². The smallest absolute Gasteiger partial charge is 0.223 e. The van der Waals surface area contributed by atoms with Crippen LogP contribution in [-0.2, 0) is 4.79 Å². The molecule has 144 valence electrons. The molecule has 1 amide bonds. The fourth-order valence-corrected chi connectivity index (χ4v) is 5.56. The van der Waals surface area contributed by atoms with Crippen LogP contribution >= 0.6 is 0 Å². The van der Waals surface area contributed by atoms with E-state index >= 15 is 0 Å². The van der Waals surface area contributed by atoms with E-state index in [-0.39, 0.29) is 18.4 Å². The zero-order valence-electron chi connectivity index (χ0n) is 15.3. The number of amides is 1. The van der Waals surface area contributed by atoms with Gasteiger partial charge in [0, 0.05) is 24.9 Å². The van der Waals surface area contributed by atoms with Crippen molar-refractivity contribution in [2.24, 2.45) is 23.7 Å². The number of rotatable bonds is 5. The van der Waals surface area contributed by atoms with Crippen LogP contribution in [0.25, 0.3) is 0 Å². The molecule has 6 atom stereocenters. The average molecular weight is 361 g/mol. The summed E-state index contributed by atoms with van der Waals surface area (Å²) in [7, 11) is 0. The molecule has 3 fully saturated rings. The number of aliphatic hydroxyl groups is 1. The first kappa shape index (κ1) is 18.0. The van der Waals surface area contributed by atoms with Gasteiger partial charge in [0.1, 0.15) is 0 Å². The van der Waals surface area contributed by atoms with E-state index in [2.05, 4.69) is 22.0 Å². The molecule has 6 heteroatoms. The lowest BCUT2D eigenvalue weighted by Gasteiger charge is -2.42. The van der Waals surface area contributed by atoms with E-state index in [1.54, 1.807) is 6.26 Å². The van der Waals surface area contributed by atoms with Crippen molar-refractivity contribution in [2.75, 3.05) is 26.2 Å². The van der Waals surface area contributed by atoms with Crippen LogP contribution in [0.5, 0.6) is 0 Å². The summed E-state index contributed by atoms with van der Waals surface area (Å²) in [5.74, 6) is 2.26. The Kier molecular flexibility index (Phi) is 5.62. The van der Waals surface area contributed by atoms with Crippen molar-refractivity contribution in [3.63, 3.8) is 0 Å². The van der Waals surface area contributed by atoms with Crippen molar-refractivity contribution < 1.29 is 14.3 Å². The topological polar surface area (TPSA) is 86.5 Å². The maximum Gasteiger partial charge on any atom is 0.223 e. The lowest BCUT2D eigenvalue weighted by atomic mass is 9.67. The molecule has 3 aliphatic rings. The summed E-state index contributed by atoms with van der Waals surface area (Å²) in [6.45, 7) is 2.35. The van der Waals surface area contributed by atoms with Gasteiger partial charge in [0.2, 0.25) is 5.91 Å². The highest BCUT2D eigenvalue weighted by atomic mass is 16.3. The van der Waals surface area contributed by atoms with Crippen molar-refractivity contribution in [3.05, 3.63) is 24.2 Å². The Morgan fingerprint density at radius 1 is 1.23 bits per heavy atom. The standard InChI is InChI=1S/C20H31N3O3/c24-7-6-21-20(25)16-4-2-1-3-15(16)14-9-17-18(13-5-8-26-12-13)11-23-19(17)22-10-14/h5,8,12,14-19,22-24H,1-4,6-7,9-11H2,(H,21,25). The number of fused-ring (bicyclic) bond motifs is 1. The molecule has 1 aromatic heterocycles. The van der Waals surface area contributed by atoms with E-state index in [0.717, 1.165) is 38.8 Å². The maximum absolute atomic E-state index is 12.6. The Hall–Kier alpha value is -1.37. The second-order valence-corrected chi connectivity index (χ2v) is 8.19. The lowest BCUT2D eigenvalue weighted by molar-refractivity contribution is -0.129. The minimum Gasteiger partial charge on any atom is -0.472 e. The van der Waals surface area contributed by atoms with Crippen molar-refractivity contribution in [2.45, 2.75) is 44.2 Å². The van der Waals surface area contributed by atoms with Crippen LogP contribution in [0.4, 0.5) is 0 Å². The highest BCUT2D eigenvalue weighted by Gasteiger charge is 2.45. The molecule has 6 unspecified atom stereocenters. The van der Waals surface area contributed by atoms with Gasteiger partial charge in [-0.15, -0.1) is 0 Å². The van der Waals surface area contributed by atoms with Gasteiger partial charge in [0.15, 0.2) is 0 Å². The number of carbonyl (C=O) groups excluding carboxylic acids is 1. The third-order valence-electron chi connectivity index (χ3n) is 6.82. The summed E-state index contributed by atoms with van der Waals surface area (Å²) in [6.07, 6.45) is 9.66. The van der Waals surface area contributed by atoms with Gasteiger partial charge in [-0.3, -0.25) is 4.79 Å². The SMILES string of the molecule is O=C(NCCO)C1CCCCC1C1CNC2NCC(c3ccoc3)C2C1. The second-order valence-electron chi connectivity index (χ2n) is 8.19. The lowest BCUT2D eigenvalue weighted by Crippen LogP contribution is -2.52. The predicted molar refractivity (Wildman–Crippen MR) is 98.4 cm³/mol. The number of carbonyl (C=O) groups is 1. The van der Waals surface area contributed by atoms with Crippen LogP contribution in [0.1, 0.15) is 43.6 Å². The Balaban J connectivity index is 1.45. The third kappa shape index (κ3) is 3.55. The number of furan rings is 1. The molecule has 1 aliphatic carbocycles. The minimum absolute atomic E-state index is 0.00984. The van der Waals surface area contributed by atoms with E-state index in [0.29, 0.717) is 36.4 Å². The molecule has 0 aromatic carbocycles. The number of hydrogen-bond acceptors (Lipinski definition) is 5. The summed E-state index contributed by atoms with van der Waals surface area (Å²) in [5.41, 5.74) is 1.29. The van der Waals surface area contributed by atoms with Crippen LogP contribution in [0, 0.1) is 23.7 Å². The minimum atomic E-state index is 0.00984. The van der Waals surface area contributed by atoms with Gasteiger partial charge in [-0.1, -0.05) is 12.8 Å².